The highest BCUT2D eigenvalue weighted by atomic mass is 19.3. The van der Waals surface area contributed by atoms with E-state index in [4.69, 9.17) is 0 Å². The maximum atomic E-state index is 13.2. The summed E-state index contributed by atoms with van der Waals surface area (Å²) in [5.41, 5.74) is 0.454. The molecule has 4 nitrogen and oxygen atoms in total. The molecule has 2 amide bonds. The van der Waals surface area contributed by atoms with Crippen LogP contribution in [0.5, 0.6) is 0 Å². The van der Waals surface area contributed by atoms with Gasteiger partial charge in [0.25, 0.3) is 6.43 Å². The van der Waals surface area contributed by atoms with Gasteiger partial charge in [-0.25, -0.2) is 22.4 Å². The summed E-state index contributed by atoms with van der Waals surface area (Å²) in [6.45, 7) is 2.44. The first kappa shape index (κ1) is 18.5. The summed E-state index contributed by atoms with van der Waals surface area (Å²) in [6.07, 6.45) is -1.16. The van der Waals surface area contributed by atoms with Gasteiger partial charge in [0.1, 0.15) is 0 Å². The lowest BCUT2D eigenvalue weighted by molar-refractivity contribution is 0.0736. The Morgan fingerprint density at radius 1 is 1.25 bits per heavy atom. The highest BCUT2D eigenvalue weighted by Gasteiger charge is 2.23. The Bertz CT molecular complexity index is 562. The van der Waals surface area contributed by atoms with Crippen LogP contribution in [0.2, 0.25) is 0 Å². The molecule has 0 aliphatic carbocycles. The van der Waals surface area contributed by atoms with E-state index in [0.29, 0.717) is 31.5 Å². The van der Waals surface area contributed by atoms with Crippen molar-refractivity contribution in [3.05, 3.63) is 35.4 Å². The zero-order valence-corrected chi connectivity index (χ0v) is 13.4. The zero-order valence-electron chi connectivity index (χ0n) is 13.4. The molecule has 1 aromatic carbocycles. The van der Waals surface area contributed by atoms with Crippen LogP contribution in [0, 0.1) is 11.6 Å². The number of carbonyl (C=O) groups is 1. The lowest BCUT2D eigenvalue weighted by Crippen LogP contribution is -2.48. The number of alkyl halides is 2. The second-order valence-electron chi connectivity index (χ2n) is 5.98. The number of hydrogen-bond acceptors (Lipinski definition) is 2. The topological polar surface area (TPSA) is 44.4 Å². The Hall–Kier alpha value is -1.83. The number of nitrogens with zero attached hydrogens (tertiary/aromatic N) is 1. The highest BCUT2D eigenvalue weighted by Crippen LogP contribution is 2.16. The normalized spacial score (nSPS) is 17.8. The van der Waals surface area contributed by atoms with Crippen LogP contribution >= 0.6 is 0 Å². The third-order valence-corrected chi connectivity index (χ3v) is 4.11. The molecule has 2 N–H and O–H groups in total. The van der Waals surface area contributed by atoms with Crippen molar-refractivity contribution in [2.24, 2.45) is 0 Å². The number of rotatable bonds is 5. The van der Waals surface area contributed by atoms with E-state index in [9.17, 15) is 22.4 Å². The molecule has 1 unspecified atom stereocenters. The lowest BCUT2D eigenvalue weighted by atomic mass is 10.1. The SMILES string of the molecule is CC(NC(=O)NC1CCN(CC(F)F)CC1)c1ccc(F)c(F)c1. The van der Waals surface area contributed by atoms with Gasteiger partial charge in [-0.05, 0) is 37.5 Å². The van der Waals surface area contributed by atoms with E-state index in [1.807, 2.05) is 0 Å². The Morgan fingerprint density at radius 2 is 1.92 bits per heavy atom. The van der Waals surface area contributed by atoms with Gasteiger partial charge in [-0.15, -0.1) is 0 Å². The molecule has 24 heavy (non-hydrogen) atoms. The van der Waals surface area contributed by atoms with Crippen molar-refractivity contribution in [3.8, 4) is 0 Å². The summed E-state index contributed by atoms with van der Waals surface area (Å²) < 4.78 is 50.8. The van der Waals surface area contributed by atoms with Crippen molar-refractivity contribution < 1.29 is 22.4 Å². The minimum Gasteiger partial charge on any atom is -0.335 e. The van der Waals surface area contributed by atoms with Crippen molar-refractivity contribution in [2.45, 2.75) is 38.3 Å². The summed E-state index contributed by atoms with van der Waals surface area (Å²) in [5.74, 6) is -1.90. The Kier molecular flexibility index (Phi) is 6.42. The van der Waals surface area contributed by atoms with E-state index in [-0.39, 0.29) is 12.6 Å². The summed E-state index contributed by atoms with van der Waals surface area (Å²) in [5, 5.41) is 5.45. The molecule has 1 saturated heterocycles. The molecule has 1 aromatic rings. The van der Waals surface area contributed by atoms with Crippen LogP contribution in [0.1, 0.15) is 31.4 Å². The van der Waals surface area contributed by atoms with E-state index < -0.39 is 30.1 Å². The van der Waals surface area contributed by atoms with E-state index >= 15 is 0 Å². The van der Waals surface area contributed by atoms with Crippen molar-refractivity contribution in [2.75, 3.05) is 19.6 Å². The molecule has 1 aliphatic heterocycles. The maximum absolute atomic E-state index is 13.2. The first-order valence-electron chi connectivity index (χ1n) is 7.87. The van der Waals surface area contributed by atoms with Gasteiger partial charge in [-0.1, -0.05) is 6.07 Å². The number of hydrogen-bond donors (Lipinski definition) is 2. The number of benzene rings is 1. The number of carbonyl (C=O) groups excluding carboxylic acids is 1. The minimum atomic E-state index is -2.35. The van der Waals surface area contributed by atoms with Gasteiger partial charge in [-0.3, -0.25) is 4.90 Å². The van der Waals surface area contributed by atoms with Crippen molar-refractivity contribution in [1.29, 1.82) is 0 Å². The molecule has 1 heterocycles. The third kappa shape index (κ3) is 5.36. The largest absolute Gasteiger partial charge is 0.335 e. The van der Waals surface area contributed by atoms with E-state index in [2.05, 4.69) is 10.6 Å². The smallest absolute Gasteiger partial charge is 0.315 e. The zero-order chi connectivity index (χ0) is 17.7. The van der Waals surface area contributed by atoms with Crippen molar-refractivity contribution in [3.63, 3.8) is 0 Å². The van der Waals surface area contributed by atoms with Crippen molar-refractivity contribution in [1.82, 2.24) is 15.5 Å². The molecule has 1 aliphatic rings. The molecule has 1 fully saturated rings. The van der Waals surface area contributed by atoms with Gasteiger partial charge in [0.2, 0.25) is 0 Å². The number of urea groups is 1. The number of amides is 2. The molecule has 8 heteroatoms. The molecular weight excluding hydrogens is 326 g/mol. The quantitative estimate of drug-likeness (QED) is 0.804. The molecule has 134 valence electrons. The van der Waals surface area contributed by atoms with Crippen LogP contribution in [0.25, 0.3) is 0 Å². The summed E-state index contributed by atoms with van der Waals surface area (Å²) >= 11 is 0. The van der Waals surface area contributed by atoms with Gasteiger partial charge in [0, 0.05) is 19.1 Å². The predicted octanol–water partition coefficient (Wildman–Crippen LogP) is 3.05. The van der Waals surface area contributed by atoms with Gasteiger partial charge in [0.05, 0.1) is 12.6 Å². The summed E-state index contributed by atoms with van der Waals surface area (Å²) in [6, 6.07) is 2.48. The van der Waals surface area contributed by atoms with Crippen LogP contribution < -0.4 is 10.6 Å². The summed E-state index contributed by atoms with van der Waals surface area (Å²) in [7, 11) is 0. The van der Waals surface area contributed by atoms with Gasteiger partial charge >= 0.3 is 6.03 Å². The van der Waals surface area contributed by atoms with Crippen LogP contribution in [0.3, 0.4) is 0 Å². The first-order chi connectivity index (χ1) is 11.3. The average molecular weight is 347 g/mol. The Balaban J connectivity index is 1.78. The Labute approximate surface area is 138 Å². The predicted molar refractivity (Wildman–Crippen MR) is 81.9 cm³/mol. The molecule has 0 aromatic heterocycles. The molecule has 1 atom stereocenters. The second kappa shape index (κ2) is 8.32. The fourth-order valence-electron chi connectivity index (χ4n) is 2.74. The molecule has 2 rings (SSSR count). The summed E-state index contributed by atoms with van der Waals surface area (Å²) in [4.78, 5) is 13.7. The van der Waals surface area contributed by atoms with Crippen LogP contribution in [0.15, 0.2) is 18.2 Å². The second-order valence-corrected chi connectivity index (χ2v) is 5.98. The fourth-order valence-corrected chi connectivity index (χ4v) is 2.74. The number of likely N-dealkylation sites (tertiary alicyclic amines) is 1. The van der Waals surface area contributed by atoms with E-state index in [1.54, 1.807) is 11.8 Å². The van der Waals surface area contributed by atoms with Crippen LogP contribution in [-0.2, 0) is 0 Å². The molecular formula is C16H21F4N3O. The molecule has 0 bridgehead atoms. The number of nitrogens with one attached hydrogen (secondary N) is 2. The van der Waals surface area contributed by atoms with Gasteiger partial charge < -0.3 is 10.6 Å². The highest BCUT2D eigenvalue weighted by molar-refractivity contribution is 5.74. The minimum absolute atomic E-state index is 0.0870. The maximum Gasteiger partial charge on any atom is 0.315 e. The fraction of sp³-hybridized carbons (Fsp3) is 0.562. The number of piperidine rings is 1. The van der Waals surface area contributed by atoms with E-state index in [1.165, 1.54) is 6.07 Å². The molecule has 0 radical (unpaired) electrons. The number of halogens is 4. The Morgan fingerprint density at radius 3 is 2.50 bits per heavy atom. The van der Waals surface area contributed by atoms with Gasteiger partial charge in [0.15, 0.2) is 11.6 Å². The van der Waals surface area contributed by atoms with E-state index in [0.717, 1.165) is 12.1 Å². The van der Waals surface area contributed by atoms with Crippen molar-refractivity contribution >= 4 is 6.03 Å². The molecule has 0 spiro atoms. The average Bonchev–Trinajstić information content (AvgIpc) is 2.51. The van der Waals surface area contributed by atoms with Gasteiger partial charge in [-0.2, -0.15) is 0 Å². The van der Waals surface area contributed by atoms with Crippen LogP contribution in [0.4, 0.5) is 22.4 Å². The first-order valence-corrected chi connectivity index (χ1v) is 7.87. The van der Waals surface area contributed by atoms with Crippen LogP contribution in [-0.4, -0.2) is 43.0 Å². The molecule has 0 saturated carbocycles. The lowest BCUT2D eigenvalue weighted by Gasteiger charge is -2.32. The third-order valence-electron chi connectivity index (χ3n) is 4.11. The monoisotopic (exact) mass is 347 g/mol. The standard InChI is InChI=1S/C16H21F4N3O/c1-10(11-2-3-13(17)14(18)8-11)21-16(24)22-12-4-6-23(7-5-12)9-15(19)20/h2-3,8,10,12,15H,4-7,9H2,1H3,(H2,21,22,24).